The fourth-order valence-electron chi connectivity index (χ4n) is 0.859. The van der Waals surface area contributed by atoms with Crippen molar-refractivity contribution in [1.82, 2.24) is 4.90 Å². The number of unbranched alkanes of at least 4 members (excludes halogenated alkanes) is 2. The molecule has 0 aromatic carbocycles. The lowest BCUT2D eigenvalue weighted by Crippen LogP contribution is -2.26. The van der Waals surface area contributed by atoms with Gasteiger partial charge in [-0.15, -0.1) is 0 Å². The Morgan fingerprint density at radius 3 is 2.54 bits per heavy atom. The zero-order chi connectivity index (χ0) is 10.1. The molecule has 0 aromatic rings. The summed E-state index contributed by atoms with van der Waals surface area (Å²) in [5, 5.41) is 0. The predicted molar refractivity (Wildman–Crippen MR) is 61.8 cm³/mol. The van der Waals surface area contributed by atoms with Crippen molar-refractivity contribution in [3.8, 4) is 0 Å². The molecule has 80 valence electrons. The third-order valence-corrected chi connectivity index (χ3v) is 3.38. The molecule has 0 spiro atoms. The molecular weight excluding hydrogens is 181 g/mol. The second kappa shape index (κ2) is 8.93. The Bertz CT molecular complexity index is 109. The number of rotatable bonds is 8. The van der Waals surface area contributed by atoms with Gasteiger partial charge in [0.15, 0.2) is 0 Å². The van der Waals surface area contributed by atoms with E-state index >= 15 is 0 Å². The minimum atomic E-state index is 0.643. The molecule has 2 unspecified atom stereocenters. The zero-order valence-electron chi connectivity index (χ0n) is 9.47. The highest BCUT2D eigenvalue weighted by molar-refractivity contribution is 7.32. The van der Waals surface area contributed by atoms with Gasteiger partial charge in [0.05, 0.1) is 6.61 Å². The van der Waals surface area contributed by atoms with Gasteiger partial charge in [0.1, 0.15) is 0 Å². The average molecular weight is 205 g/mol. The van der Waals surface area contributed by atoms with Crippen LogP contribution >= 0.6 is 8.81 Å². The van der Waals surface area contributed by atoms with Gasteiger partial charge >= 0.3 is 0 Å². The SMILES string of the molecule is CCCCCOPCC(C)N(C)C. The fraction of sp³-hybridized carbons (Fsp3) is 1.00. The quantitative estimate of drug-likeness (QED) is 0.446. The minimum Gasteiger partial charge on any atom is -0.362 e. The van der Waals surface area contributed by atoms with Crippen LogP contribution in [-0.2, 0) is 4.52 Å². The lowest BCUT2D eigenvalue weighted by molar-refractivity contribution is 0.318. The van der Waals surface area contributed by atoms with E-state index in [0.717, 1.165) is 6.61 Å². The van der Waals surface area contributed by atoms with Crippen LogP contribution in [0.3, 0.4) is 0 Å². The van der Waals surface area contributed by atoms with Crippen LogP contribution in [0.4, 0.5) is 0 Å². The van der Waals surface area contributed by atoms with Crippen LogP contribution in [-0.4, -0.2) is 37.8 Å². The average Bonchev–Trinajstić information content (AvgIpc) is 2.10. The van der Waals surface area contributed by atoms with Crippen LogP contribution in [0.5, 0.6) is 0 Å². The van der Waals surface area contributed by atoms with Gasteiger partial charge in [0.25, 0.3) is 0 Å². The normalized spacial score (nSPS) is 14.5. The Kier molecular flexibility index (Phi) is 9.17. The number of nitrogens with zero attached hydrogens (tertiary/aromatic N) is 1. The summed E-state index contributed by atoms with van der Waals surface area (Å²) in [6.45, 7) is 5.41. The third-order valence-electron chi connectivity index (χ3n) is 2.21. The molecule has 0 saturated heterocycles. The van der Waals surface area contributed by atoms with Crippen molar-refractivity contribution in [3.63, 3.8) is 0 Å². The zero-order valence-corrected chi connectivity index (χ0v) is 10.5. The molecule has 0 aromatic heterocycles. The lowest BCUT2D eigenvalue weighted by Gasteiger charge is -2.18. The van der Waals surface area contributed by atoms with E-state index in [9.17, 15) is 0 Å². The number of hydrogen-bond donors (Lipinski definition) is 0. The van der Waals surface area contributed by atoms with Crippen LogP contribution in [0.1, 0.15) is 33.1 Å². The maximum absolute atomic E-state index is 5.56. The maximum atomic E-state index is 5.56. The molecule has 0 aliphatic heterocycles. The molecule has 13 heavy (non-hydrogen) atoms. The highest BCUT2D eigenvalue weighted by atomic mass is 31.1. The van der Waals surface area contributed by atoms with Crippen molar-refractivity contribution in [3.05, 3.63) is 0 Å². The first-order valence-corrected chi connectivity index (χ1v) is 6.31. The van der Waals surface area contributed by atoms with Gasteiger partial charge in [-0.2, -0.15) is 0 Å². The summed E-state index contributed by atoms with van der Waals surface area (Å²) in [4.78, 5) is 2.24. The molecule has 0 bridgehead atoms. The molecular formula is C10H24NOP. The molecule has 0 rings (SSSR count). The van der Waals surface area contributed by atoms with Crippen molar-refractivity contribution in [1.29, 1.82) is 0 Å². The summed E-state index contributed by atoms with van der Waals surface area (Å²) in [5.41, 5.74) is 0. The van der Waals surface area contributed by atoms with Gasteiger partial charge < -0.3 is 9.42 Å². The van der Waals surface area contributed by atoms with Gasteiger partial charge in [0, 0.05) is 21.0 Å². The van der Waals surface area contributed by atoms with E-state index in [1.54, 1.807) is 0 Å². The standard InChI is InChI=1S/C10H24NOP/c1-5-6-7-8-12-13-9-10(2)11(3)4/h10,13H,5-9H2,1-4H3. The minimum absolute atomic E-state index is 0.643. The number of hydrogen-bond acceptors (Lipinski definition) is 2. The van der Waals surface area contributed by atoms with Crippen molar-refractivity contribution in [2.75, 3.05) is 26.9 Å². The molecule has 0 aliphatic carbocycles. The molecule has 0 saturated carbocycles. The second-order valence-corrected chi connectivity index (χ2v) is 4.70. The van der Waals surface area contributed by atoms with Gasteiger partial charge in [-0.3, -0.25) is 0 Å². The fourth-order valence-corrected chi connectivity index (χ4v) is 1.87. The summed E-state index contributed by atoms with van der Waals surface area (Å²) in [6.07, 6.45) is 4.97. The molecule has 2 atom stereocenters. The van der Waals surface area contributed by atoms with Gasteiger partial charge in [-0.25, -0.2) is 0 Å². The molecule has 0 heterocycles. The summed E-state index contributed by atoms with van der Waals surface area (Å²) in [5.74, 6) is 0. The van der Waals surface area contributed by atoms with E-state index in [2.05, 4.69) is 32.8 Å². The largest absolute Gasteiger partial charge is 0.362 e. The molecule has 0 N–H and O–H groups in total. The van der Waals surface area contributed by atoms with Crippen LogP contribution in [0, 0.1) is 0 Å². The van der Waals surface area contributed by atoms with E-state index in [4.69, 9.17) is 4.52 Å². The molecule has 0 radical (unpaired) electrons. The summed E-state index contributed by atoms with van der Waals surface area (Å²) in [7, 11) is 4.91. The van der Waals surface area contributed by atoms with Crippen molar-refractivity contribution in [2.24, 2.45) is 0 Å². The van der Waals surface area contributed by atoms with E-state index < -0.39 is 0 Å². The second-order valence-electron chi connectivity index (χ2n) is 3.72. The Morgan fingerprint density at radius 2 is 2.00 bits per heavy atom. The van der Waals surface area contributed by atoms with E-state index in [-0.39, 0.29) is 0 Å². The van der Waals surface area contributed by atoms with Crippen LogP contribution < -0.4 is 0 Å². The Hall–Kier alpha value is 0.350. The smallest absolute Gasteiger partial charge is 0.0505 e. The van der Waals surface area contributed by atoms with E-state index in [1.807, 2.05) is 0 Å². The van der Waals surface area contributed by atoms with Crippen molar-refractivity contribution < 1.29 is 4.52 Å². The van der Waals surface area contributed by atoms with Crippen molar-refractivity contribution >= 4 is 8.81 Å². The lowest BCUT2D eigenvalue weighted by atomic mass is 10.3. The van der Waals surface area contributed by atoms with Crippen LogP contribution in [0.2, 0.25) is 0 Å². The molecule has 2 nitrogen and oxygen atoms in total. The topological polar surface area (TPSA) is 12.5 Å². The summed E-state index contributed by atoms with van der Waals surface area (Å²) in [6, 6.07) is 0.643. The molecule has 3 heteroatoms. The van der Waals surface area contributed by atoms with Crippen molar-refractivity contribution in [2.45, 2.75) is 39.2 Å². The highest BCUT2D eigenvalue weighted by Crippen LogP contribution is 2.15. The predicted octanol–water partition coefficient (Wildman–Crippen LogP) is 2.74. The van der Waals surface area contributed by atoms with Gasteiger partial charge in [-0.05, 0) is 27.4 Å². The van der Waals surface area contributed by atoms with E-state index in [0.29, 0.717) is 14.8 Å². The summed E-state index contributed by atoms with van der Waals surface area (Å²) < 4.78 is 5.56. The molecule has 0 fully saturated rings. The maximum Gasteiger partial charge on any atom is 0.0505 e. The Balaban J connectivity index is 3.07. The monoisotopic (exact) mass is 205 g/mol. The van der Waals surface area contributed by atoms with Gasteiger partial charge in [0.2, 0.25) is 0 Å². The molecule has 0 amide bonds. The Morgan fingerprint density at radius 1 is 1.31 bits per heavy atom. The Labute approximate surface area is 84.9 Å². The first-order valence-electron chi connectivity index (χ1n) is 5.19. The van der Waals surface area contributed by atoms with Gasteiger partial charge in [-0.1, -0.05) is 19.8 Å². The third kappa shape index (κ3) is 8.67. The van der Waals surface area contributed by atoms with E-state index in [1.165, 1.54) is 25.4 Å². The molecule has 0 aliphatic rings. The summed E-state index contributed by atoms with van der Waals surface area (Å²) >= 11 is 0. The first-order chi connectivity index (χ1) is 6.18. The van der Waals surface area contributed by atoms with Crippen LogP contribution in [0.25, 0.3) is 0 Å². The highest BCUT2D eigenvalue weighted by Gasteiger charge is 2.03. The first kappa shape index (κ1) is 13.4. The van der Waals surface area contributed by atoms with Crippen LogP contribution in [0.15, 0.2) is 0 Å².